The lowest BCUT2D eigenvalue weighted by atomic mass is 9.95. The highest BCUT2D eigenvalue weighted by molar-refractivity contribution is 7.75. The van der Waals surface area contributed by atoms with Gasteiger partial charge in [-0.25, -0.2) is 0 Å². The fourth-order valence-electron chi connectivity index (χ4n) is 4.50. The van der Waals surface area contributed by atoms with Crippen molar-refractivity contribution in [2.45, 2.75) is 75.8 Å². The molecule has 34 heavy (non-hydrogen) atoms. The molecule has 0 heterocycles. The van der Waals surface area contributed by atoms with E-state index in [1.807, 2.05) is 48.5 Å². The highest BCUT2D eigenvalue weighted by Gasteiger charge is 2.34. The Labute approximate surface area is 204 Å². The Morgan fingerprint density at radius 1 is 0.559 bits per heavy atom. The van der Waals surface area contributed by atoms with Crippen molar-refractivity contribution >= 4 is 11.4 Å². The first-order valence-corrected chi connectivity index (χ1v) is 13.0. The van der Waals surface area contributed by atoms with Crippen molar-refractivity contribution in [3.8, 4) is 23.0 Å². The molecule has 0 bridgehead atoms. The second kappa shape index (κ2) is 12.4. The predicted molar refractivity (Wildman–Crippen MR) is 130 cm³/mol. The molecule has 2 aliphatic carbocycles. The van der Waals surface area contributed by atoms with Crippen LogP contribution in [0.15, 0.2) is 48.5 Å². The molecule has 4 unspecified atom stereocenters. The van der Waals surface area contributed by atoms with E-state index in [-0.39, 0.29) is 24.4 Å². The van der Waals surface area contributed by atoms with Crippen molar-refractivity contribution in [3.05, 3.63) is 48.5 Å². The van der Waals surface area contributed by atoms with Gasteiger partial charge in [0.25, 0.3) is 0 Å². The van der Waals surface area contributed by atoms with Gasteiger partial charge < -0.3 is 18.9 Å². The number of hydrogen-bond acceptors (Lipinski definition) is 7. The lowest BCUT2D eigenvalue weighted by molar-refractivity contribution is -0.00312. The number of methoxy groups -OCH3 is 2. The molecule has 4 rings (SSSR count). The average molecular weight is 491 g/mol. The van der Waals surface area contributed by atoms with Crippen molar-refractivity contribution < 1.29 is 31.5 Å². The van der Waals surface area contributed by atoms with Crippen LogP contribution < -0.4 is 18.9 Å². The number of hydrogen-bond donors (Lipinski definition) is 0. The molecular formula is C26H34O7S. The van der Waals surface area contributed by atoms with Crippen molar-refractivity contribution in [2.24, 2.45) is 0 Å². The van der Waals surface area contributed by atoms with Crippen molar-refractivity contribution in [1.82, 2.24) is 0 Å². The molecular weight excluding hydrogens is 456 g/mol. The van der Waals surface area contributed by atoms with Crippen LogP contribution in [0, 0.1) is 0 Å². The van der Waals surface area contributed by atoms with E-state index >= 15 is 0 Å². The molecule has 0 radical (unpaired) electrons. The van der Waals surface area contributed by atoms with E-state index in [4.69, 9.17) is 27.3 Å². The highest BCUT2D eigenvalue weighted by Crippen LogP contribution is 2.30. The van der Waals surface area contributed by atoms with Gasteiger partial charge in [0.2, 0.25) is 0 Å². The highest BCUT2D eigenvalue weighted by atomic mass is 32.2. The van der Waals surface area contributed by atoms with Crippen LogP contribution in [0.2, 0.25) is 0 Å². The third-order valence-electron chi connectivity index (χ3n) is 6.38. The molecule has 0 amide bonds. The summed E-state index contributed by atoms with van der Waals surface area (Å²) in [5, 5.41) is 0. The topological polar surface area (TPSA) is 72.5 Å². The number of rotatable bonds is 10. The molecule has 186 valence electrons. The molecule has 0 N–H and O–H groups in total. The van der Waals surface area contributed by atoms with E-state index in [0.717, 1.165) is 74.4 Å². The summed E-state index contributed by atoms with van der Waals surface area (Å²) in [6.45, 7) is 0. The Bertz CT molecular complexity index is 829. The van der Waals surface area contributed by atoms with E-state index in [2.05, 4.69) is 0 Å². The Morgan fingerprint density at radius 2 is 0.882 bits per heavy atom. The van der Waals surface area contributed by atoms with Gasteiger partial charge in [-0.1, -0.05) is 12.8 Å². The minimum Gasteiger partial charge on any atom is -0.497 e. The standard InChI is InChI=1S/C26H34O7S/c1-28-19-11-15-21(16-12-19)30-23-7-3-5-9-25(23)32-34(27)33-26-10-6-4-8-24(26)31-22-17-13-20(29-2)14-18-22/h11-18,23-26H,3-10H2,1-2H3. The first-order chi connectivity index (χ1) is 16.6. The summed E-state index contributed by atoms with van der Waals surface area (Å²) in [4.78, 5) is 0. The van der Waals surface area contributed by atoms with Crippen LogP contribution in [0.4, 0.5) is 0 Å². The molecule has 0 aliphatic heterocycles. The summed E-state index contributed by atoms with van der Waals surface area (Å²) in [5.74, 6) is 3.04. The number of ether oxygens (including phenoxy) is 4. The zero-order chi connectivity index (χ0) is 23.8. The van der Waals surface area contributed by atoms with Crippen LogP contribution in [-0.4, -0.2) is 42.8 Å². The van der Waals surface area contributed by atoms with Gasteiger partial charge in [-0.05, 0) is 87.1 Å². The zero-order valence-electron chi connectivity index (χ0n) is 19.9. The Balaban J connectivity index is 1.33. The zero-order valence-corrected chi connectivity index (χ0v) is 20.7. The van der Waals surface area contributed by atoms with Gasteiger partial charge in [-0.2, -0.15) is 4.21 Å². The summed E-state index contributed by atoms with van der Waals surface area (Å²) in [6, 6.07) is 15.0. The monoisotopic (exact) mass is 490 g/mol. The fourth-order valence-corrected chi connectivity index (χ4v) is 5.39. The predicted octanol–water partition coefficient (Wildman–Crippen LogP) is 5.40. The van der Waals surface area contributed by atoms with Crippen LogP contribution in [0.3, 0.4) is 0 Å². The largest absolute Gasteiger partial charge is 0.497 e. The van der Waals surface area contributed by atoms with Crippen molar-refractivity contribution in [1.29, 1.82) is 0 Å². The minimum absolute atomic E-state index is 0.174. The van der Waals surface area contributed by atoms with Crippen molar-refractivity contribution in [2.75, 3.05) is 14.2 Å². The molecule has 8 heteroatoms. The summed E-state index contributed by atoms with van der Waals surface area (Å²) in [6.07, 6.45) is 6.46. The fraction of sp³-hybridized carbons (Fsp3) is 0.538. The van der Waals surface area contributed by atoms with Crippen LogP contribution in [0.25, 0.3) is 0 Å². The summed E-state index contributed by atoms with van der Waals surface area (Å²) < 4.78 is 47.4. The molecule has 2 saturated carbocycles. The quantitative estimate of drug-likeness (QED) is 0.442. The minimum atomic E-state index is -1.88. The van der Waals surface area contributed by atoms with Gasteiger partial charge in [0, 0.05) is 0 Å². The first-order valence-electron chi connectivity index (χ1n) is 12.0. The lowest BCUT2D eigenvalue weighted by Gasteiger charge is -2.33. The van der Waals surface area contributed by atoms with Crippen LogP contribution in [-0.2, 0) is 19.7 Å². The smallest absolute Gasteiger partial charge is 0.305 e. The maximum atomic E-state index is 12.9. The van der Waals surface area contributed by atoms with Gasteiger partial charge in [0.15, 0.2) is 0 Å². The number of benzene rings is 2. The summed E-state index contributed by atoms with van der Waals surface area (Å²) >= 11 is -1.88. The molecule has 2 aromatic carbocycles. The lowest BCUT2D eigenvalue weighted by Crippen LogP contribution is -2.40. The maximum absolute atomic E-state index is 12.9. The van der Waals surface area contributed by atoms with E-state index in [0.29, 0.717) is 0 Å². The van der Waals surface area contributed by atoms with Crippen LogP contribution in [0.1, 0.15) is 51.4 Å². The molecule has 2 aliphatic rings. The molecule has 0 spiro atoms. The first kappa shape index (κ1) is 24.8. The maximum Gasteiger partial charge on any atom is 0.305 e. The van der Waals surface area contributed by atoms with Gasteiger partial charge in [0.05, 0.1) is 14.2 Å². The summed E-state index contributed by atoms with van der Waals surface area (Å²) in [7, 11) is 3.27. The second-order valence-corrected chi connectivity index (χ2v) is 9.50. The average Bonchev–Trinajstić information content (AvgIpc) is 2.87. The molecule has 7 nitrogen and oxygen atoms in total. The molecule has 2 fully saturated rings. The third kappa shape index (κ3) is 6.87. The molecule has 0 aromatic heterocycles. The van der Waals surface area contributed by atoms with Gasteiger partial charge in [-0.3, -0.25) is 8.37 Å². The van der Waals surface area contributed by atoms with Crippen molar-refractivity contribution in [3.63, 3.8) is 0 Å². The van der Waals surface area contributed by atoms with Gasteiger partial charge >= 0.3 is 11.4 Å². The van der Waals surface area contributed by atoms with Crippen LogP contribution >= 0.6 is 0 Å². The SMILES string of the molecule is COc1ccc(OC2CCCCC2OS(=O)OC2CCCCC2Oc2ccc(OC)cc2)cc1. The molecule has 0 saturated heterocycles. The van der Waals surface area contributed by atoms with Crippen LogP contribution in [0.5, 0.6) is 23.0 Å². The normalized spacial score (nSPS) is 25.8. The third-order valence-corrected chi connectivity index (χ3v) is 7.19. The molecule has 4 atom stereocenters. The Morgan fingerprint density at radius 3 is 1.24 bits per heavy atom. The summed E-state index contributed by atoms with van der Waals surface area (Å²) in [5.41, 5.74) is 0. The van der Waals surface area contributed by atoms with Gasteiger partial charge in [-0.15, -0.1) is 0 Å². The van der Waals surface area contributed by atoms with Gasteiger partial charge in [0.1, 0.15) is 47.4 Å². The van der Waals surface area contributed by atoms with E-state index in [1.165, 1.54) is 0 Å². The van der Waals surface area contributed by atoms with E-state index < -0.39 is 11.4 Å². The Hall–Kier alpha value is -2.29. The Kier molecular flexibility index (Phi) is 9.07. The molecule has 2 aromatic rings. The van der Waals surface area contributed by atoms with E-state index in [1.54, 1.807) is 14.2 Å². The second-order valence-electron chi connectivity index (χ2n) is 8.71. The van der Waals surface area contributed by atoms with E-state index in [9.17, 15) is 4.21 Å².